The van der Waals surface area contributed by atoms with E-state index in [-0.39, 0.29) is 23.3 Å². The Morgan fingerprint density at radius 3 is 2.64 bits per heavy atom. The van der Waals surface area contributed by atoms with Crippen molar-refractivity contribution in [1.29, 1.82) is 0 Å². The van der Waals surface area contributed by atoms with Gasteiger partial charge in [-0.2, -0.15) is 0 Å². The first kappa shape index (κ1) is 15.8. The molecule has 3 rings (SSSR count). The summed E-state index contributed by atoms with van der Waals surface area (Å²) in [6.07, 6.45) is 2.71. The van der Waals surface area contributed by atoms with Crippen molar-refractivity contribution in [3.8, 4) is 0 Å². The molecule has 1 aromatic carbocycles. The van der Waals surface area contributed by atoms with Crippen LogP contribution in [0.1, 0.15) is 30.4 Å². The molecule has 2 heterocycles. The first-order valence-corrected chi connectivity index (χ1v) is 9.89. The fourth-order valence-electron chi connectivity index (χ4n) is 3.42. The molecular formula is C16H20ClNO3S. The highest BCUT2D eigenvalue weighted by atomic mass is 35.5. The number of anilines is 1. The van der Waals surface area contributed by atoms with Crippen LogP contribution in [0, 0.1) is 12.8 Å². The van der Waals surface area contributed by atoms with Crippen molar-refractivity contribution >= 4 is 33.0 Å². The number of carbonyl (C=O) groups is 1. The second-order valence-corrected chi connectivity index (χ2v) is 8.92. The van der Waals surface area contributed by atoms with E-state index < -0.39 is 9.84 Å². The standard InChI is InChI=1S/C16H20ClNO3S/c1-11-4-5-14(17)15-13(11)3-2-8-18(15)16(19)12-6-9-22(20,21)10-7-12/h4-5,12H,2-3,6-10H2,1H3. The Kier molecular flexibility index (Phi) is 4.21. The molecule has 0 radical (unpaired) electrons. The molecule has 1 amide bonds. The van der Waals surface area contributed by atoms with Crippen LogP contribution >= 0.6 is 11.6 Å². The third-order valence-electron chi connectivity index (χ3n) is 4.72. The van der Waals surface area contributed by atoms with E-state index in [4.69, 9.17) is 11.6 Å². The third kappa shape index (κ3) is 2.88. The predicted molar refractivity (Wildman–Crippen MR) is 88.2 cm³/mol. The van der Waals surface area contributed by atoms with E-state index in [0.29, 0.717) is 24.4 Å². The number of fused-ring (bicyclic) bond motifs is 1. The summed E-state index contributed by atoms with van der Waals surface area (Å²) in [6, 6.07) is 3.83. The van der Waals surface area contributed by atoms with Crippen molar-refractivity contribution in [1.82, 2.24) is 0 Å². The van der Waals surface area contributed by atoms with E-state index in [1.807, 2.05) is 19.1 Å². The molecule has 1 fully saturated rings. The van der Waals surface area contributed by atoms with E-state index in [0.717, 1.165) is 29.7 Å². The maximum Gasteiger partial charge on any atom is 0.230 e. The monoisotopic (exact) mass is 341 g/mol. The molecule has 1 aromatic rings. The number of amides is 1. The van der Waals surface area contributed by atoms with Gasteiger partial charge in [0.25, 0.3) is 0 Å². The van der Waals surface area contributed by atoms with Crippen LogP contribution in [0.25, 0.3) is 0 Å². The van der Waals surface area contributed by atoms with Gasteiger partial charge in [-0.25, -0.2) is 8.42 Å². The second kappa shape index (κ2) is 5.85. The number of aryl methyl sites for hydroxylation is 1. The van der Waals surface area contributed by atoms with Crippen LogP contribution in [0.15, 0.2) is 12.1 Å². The van der Waals surface area contributed by atoms with Crippen LogP contribution in [0.2, 0.25) is 5.02 Å². The number of carbonyl (C=O) groups excluding carboxylic acids is 1. The molecule has 0 N–H and O–H groups in total. The van der Waals surface area contributed by atoms with Crippen molar-refractivity contribution in [2.24, 2.45) is 5.92 Å². The van der Waals surface area contributed by atoms with Crippen molar-refractivity contribution in [2.75, 3.05) is 23.0 Å². The Balaban J connectivity index is 1.88. The Labute approximate surface area is 136 Å². The Hall–Kier alpha value is -1.07. The molecule has 0 spiro atoms. The normalized spacial score (nSPS) is 21.5. The molecule has 1 saturated heterocycles. The lowest BCUT2D eigenvalue weighted by molar-refractivity contribution is -0.122. The summed E-state index contributed by atoms with van der Waals surface area (Å²) in [5, 5.41) is 0.608. The summed E-state index contributed by atoms with van der Waals surface area (Å²) in [5.74, 6) is 0.0616. The maximum absolute atomic E-state index is 12.9. The fraction of sp³-hybridized carbons (Fsp3) is 0.562. The van der Waals surface area contributed by atoms with E-state index in [1.54, 1.807) is 4.90 Å². The summed E-state index contributed by atoms with van der Waals surface area (Å²) in [7, 11) is -2.95. The summed E-state index contributed by atoms with van der Waals surface area (Å²) in [6.45, 7) is 2.70. The Morgan fingerprint density at radius 1 is 1.27 bits per heavy atom. The number of hydrogen-bond donors (Lipinski definition) is 0. The number of rotatable bonds is 1. The molecule has 0 bridgehead atoms. The molecule has 4 nitrogen and oxygen atoms in total. The van der Waals surface area contributed by atoms with Gasteiger partial charge in [-0.3, -0.25) is 4.79 Å². The minimum Gasteiger partial charge on any atom is -0.310 e. The molecule has 6 heteroatoms. The van der Waals surface area contributed by atoms with Gasteiger partial charge in [-0.05, 0) is 49.8 Å². The minimum absolute atomic E-state index is 0.0309. The summed E-state index contributed by atoms with van der Waals surface area (Å²) in [4.78, 5) is 14.7. The van der Waals surface area contributed by atoms with Crippen molar-refractivity contribution < 1.29 is 13.2 Å². The summed E-state index contributed by atoms with van der Waals surface area (Å²) in [5.41, 5.74) is 3.14. The highest BCUT2D eigenvalue weighted by Gasteiger charge is 2.34. The number of sulfone groups is 1. The molecule has 0 saturated carbocycles. The van der Waals surface area contributed by atoms with E-state index in [9.17, 15) is 13.2 Å². The number of hydrogen-bond acceptors (Lipinski definition) is 3. The molecule has 0 aliphatic carbocycles. The van der Waals surface area contributed by atoms with Crippen molar-refractivity contribution in [3.05, 3.63) is 28.3 Å². The highest BCUT2D eigenvalue weighted by molar-refractivity contribution is 7.91. The molecule has 2 aliphatic rings. The molecule has 0 unspecified atom stereocenters. The number of benzene rings is 1. The zero-order valence-electron chi connectivity index (χ0n) is 12.6. The third-order valence-corrected chi connectivity index (χ3v) is 6.74. The van der Waals surface area contributed by atoms with Gasteiger partial charge >= 0.3 is 0 Å². The van der Waals surface area contributed by atoms with Gasteiger partial charge in [0.2, 0.25) is 5.91 Å². The fourth-order valence-corrected chi connectivity index (χ4v) is 5.19. The second-order valence-electron chi connectivity index (χ2n) is 6.21. The van der Waals surface area contributed by atoms with Gasteiger partial charge in [0.1, 0.15) is 9.84 Å². The quantitative estimate of drug-likeness (QED) is 0.789. The summed E-state index contributed by atoms with van der Waals surface area (Å²) >= 11 is 6.35. The SMILES string of the molecule is Cc1ccc(Cl)c2c1CCCN2C(=O)C1CCS(=O)(=O)CC1. The molecular weight excluding hydrogens is 322 g/mol. The predicted octanol–water partition coefficient (Wildman–Crippen LogP) is 2.75. The van der Waals surface area contributed by atoms with Crippen molar-refractivity contribution in [3.63, 3.8) is 0 Å². The molecule has 22 heavy (non-hydrogen) atoms. The van der Waals surface area contributed by atoms with Crippen LogP contribution in [-0.2, 0) is 21.1 Å². The summed E-state index contributed by atoms with van der Waals surface area (Å²) < 4.78 is 23.1. The average Bonchev–Trinajstić information content (AvgIpc) is 2.50. The zero-order chi connectivity index (χ0) is 15.9. The minimum atomic E-state index is -2.95. The van der Waals surface area contributed by atoms with Gasteiger partial charge in [0.15, 0.2) is 0 Å². The smallest absolute Gasteiger partial charge is 0.230 e. The topological polar surface area (TPSA) is 54.5 Å². The van der Waals surface area contributed by atoms with Gasteiger partial charge in [0, 0.05) is 12.5 Å². The average molecular weight is 342 g/mol. The van der Waals surface area contributed by atoms with Crippen molar-refractivity contribution in [2.45, 2.75) is 32.6 Å². The Morgan fingerprint density at radius 2 is 1.95 bits per heavy atom. The van der Waals surface area contributed by atoms with E-state index in [1.165, 1.54) is 0 Å². The molecule has 0 aromatic heterocycles. The molecule has 120 valence electrons. The maximum atomic E-state index is 12.9. The van der Waals surface area contributed by atoms with E-state index >= 15 is 0 Å². The molecule has 2 aliphatic heterocycles. The lowest BCUT2D eigenvalue weighted by Gasteiger charge is -2.34. The van der Waals surface area contributed by atoms with Gasteiger partial charge in [0.05, 0.1) is 22.2 Å². The lowest BCUT2D eigenvalue weighted by atomic mass is 9.94. The van der Waals surface area contributed by atoms with Gasteiger partial charge in [-0.1, -0.05) is 17.7 Å². The Bertz CT molecular complexity index is 700. The van der Waals surface area contributed by atoms with Crippen LogP contribution in [0.4, 0.5) is 5.69 Å². The van der Waals surface area contributed by atoms with Crippen LogP contribution in [-0.4, -0.2) is 32.4 Å². The lowest BCUT2D eigenvalue weighted by Crippen LogP contribution is -2.42. The van der Waals surface area contributed by atoms with Crippen LogP contribution in [0.3, 0.4) is 0 Å². The van der Waals surface area contributed by atoms with E-state index in [2.05, 4.69) is 0 Å². The number of halogens is 1. The number of nitrogens with zero attached hydrogens (tertiary/aromatic N) is 1. The highest BCUT2D eigenvalue weighted by Crippen LogP contribution is 2.38. The van der Waals surface area contributed by atoms with Gasteiger partial charge < -0.3 is 4.90 Å². The van der Waals surface area contributed by atoms with Gasteiger partial charge in [-0.15, -0.1) is 0 Å². The molecule has 0 atom stereocenters. The van der Waals surface area contributed by atoms with Crippen LogP contribution < -0.4 is 4.90 Å². The van der Waals surface area contributed by atoms with Crippen LogP contribution in [0.5, 0.6) is 0 Å². The first-order chi connectivity index (χ1) is 10.4. The largest absolute Gasteiger partial charge is 0.310 e. The zero-order valence-corrected chi connectivity index (χ0v) is 14.2. The first-order valence-electron chi connectivity index (χ1n) is 7.69.